The molecule has 6 aromatic carbocycles. The molecule has 0 heterocycles. The number of rotatable bonds is 2. The Hall–Kier alpha value is -5.08. The van der Waals surface area contributed by atoms with E-state index in [4.69, 9.17) is 9.47 Å². The average Bonchev–Trinajstić information content (AvgIpc) is 3.29. The van der Waals surface area contributed by atoms with E-state index in [2.05, 4.69) is 133 Å². The van der Waals surface area contributed by atoms with Crippen LogP contribution < -0.4 is 9.47 Å². The second kappa shape index (κ2) is 7.17. The van der Waals surface area contributed by atoms with Crippen LogP contribution in [0.5, 0.6) is 11.5 Å². The molecule has 0 N–H and O–H groups in total. The molecule has 4 spiro atoms. The third-order valence-corrected chi connectivity index (χ3v) is 12.1. The van der Waals surface area contributed by atoms with E-state index in [1.54, 1.807) is 14.2 Å². The molecule has 44 heavy (non-hydrogen) atoms. The fraction of sp³-hybridized carbons (Fsp3) is 0.143. The van der Waals surface area contributed by atoms with E-state index < -0.39 is 21.7 Å². The van der Waals surface area contributed by atoms with Gasteiger partial charge in [-0.05, 0) is 91.0 Å². The maximum Gasteiger partial charge on any atom is 0.119 e. The Bertz CT molecular complexity index is 2140. The molecule has 2 nitrogen and oxygen atoms in total. The lowest BCUT2D eigenvalue weighted by Crippen LogP contribution is -2.61. The molecule has 6 aromatic rings. The molecular formula is C42H28O2. The molecule has 0 saturated carbocycles. The first-order valence-electron chi connectivity index (χ1n) is 15.5. The van der Waals surface area contributed by atoms with Crippen LogP contribution in [0.3, 0.4) is 0 Å². The molecule has 0 amide bonds. The van der Waals surface area contributed by atoms with Crippen LogP contribution in [0.4, 0.5) is 0 Å². The lowest BCUT2D eigenvalue weighted by atomic mass is 9.38. The van der Waals surface area contributed by atoms with Gasteiger partial charge in [-0.25, -0.2) is 0 Å². The molecule has 0 aliphatic heterocycles. The highest BCUT2D eigenvalue weighted by molar-refractivity contribution is 5.94. The molecule has 6 aliphatic carbocycles. The smallest absolute Gasteiger partial charge is 0.119 e. The van der Waals surface area contributed by atoms with E-state index in [0.29, 0.717) is 0 Å². The average molecular weight is 565 g/mol. The Morgan fingerprint density at radius 3 is 0.773 bits per heavy atom. The topological polar surface area (TPSA) is 18.5 Å². The van der Waals surface area contributed by atoms with Crippen molar-refractivity contribution in [1.29, 1.82) is 0 Å². The maximum absolute atomic E-state index is 5.93. The quantitative estimate of drug-likeness (QED) is 0.212. The minimum absolute atomic E-state index is 0.430. The van der Waals surface area contributed by atoms with E-state index in [-0.39, 0.29) is 0 Å². The molecule has 208 valence electrons. The fourth-order valence-electron chi connectivity index (χ4n) is 11.2. The summed E-state index contributed by atoms with van der Waals surface area (Å²) in [5.74, 6) is 1.80. The number of hydrogen-bond acceptors (Lipinski definition) is 2. The largest absolute Gasteiger partial charge is 0.497 e. The van der Waals surface area contributed by atoms with Crippen LogP contribution in [0, 0.1) is 0 Å². The van der Waals surface area contributed by atoms with E-state index in [9.17, 15) is 0 Å². The number of hydrogen-bond donors (Lipinski definition) is 0. The van der Waals surface area contributed by atoms with Gasteiger partial charge in [-0.15, -0.1) is 0 Å². The van der Waals surface area contributed by atoms with Crippen LogP contribution >= 0.6 is 0 Å². The molecule has 12 rings (SSSR count). The summed E-state index contributed by atoms with van der Waals surface area (Å²) < 4.78 is 11.9. The molecule has 0 radical (unpaired) electrons. The van der Waals surface area contributed by atoms with Gasteiger partial charge in [0.15, 0.2) is 0 Å². The molecule has 6 aliphatic rings. The lowest BCUT2D eigenvalue weighted by molar-refractivity contribution is 0.347. The summed E-state index contributed by atoms with van der Waals surface area (Å²) in [6.07, 6.45) is 0. The summed E-state index contributed by atoms with van der Waals surface area (Å²) in [6, 6.07) is 51.2. The van der Waals surface area contributed by atoms with Crippen molar-refractivity contribution in [3.63, 3.8) is 0 Å². The standard InChI is InChI=1S/C42H28O2/c1-43-25-19-21-35-37(23-25)41-31-15-7-5-13-29(31)40-28-12-4-3-11-27(28)39(35,41)30-14-6-8-16-32(30)42(40,34-18-10-9-17-33(34)41)38-24-26(44-2)20-22-36(38)40/h3-24H,1-2H3/t39-,40-,41+,42+/m0/s1. The van der Waals surface area contributed by atoms with Gasteiger partial charge in [-0.1, -0.05) is 109 Å². The van der Waals surface area contributed by atoms with Gasteiger partial charge in [0.1, 0.15) is 11.5 Å². The Morgan fingerprint density at radius 2 is 0.523 bits per heavy atom. The summed E-state index contributed by atoms with van der Waals surface area (Å²) in [4.78, 5) is 0. The monoisotopic (exact) mass is 564 g/mol. The summed E-state index contributed by atoms with van der Waals surface area (Å²) in [5.41, 5.74) is 14.9. The Morgan fingerprint density at radius 1 is 0.295 bits per heavy atom. The summed E-state index contributed by atoms with van der Waals surface area (Å²) in [7, 11) is 3.56. The van der Waals surface area contributed by atoms with Gasteiger partial charge in [0.05, 0.1) is 35.9 Å². The number of benzene rings is 6. The highest BCUT2D eigenvalue weighted by atomic mass is 16.5. The van der Waals surface area contributed by atoms with Gasteiger partial charge in [-0.3, -0.25) is 0 Å². The first kappa shape index (κ1) is 23.4. The first-order chi connectivity index (χ1) is 21.7. The molecule has 4 atom stereocenters. The van der Waals surface area contributed by atoms with Crippen LogP contribution in [0.25, 0.3) is 0 Å². The maximum atomic E-state index is 5.93. The third kappa shape index (κ3) is 1.89. The minimum atomic E-state index is -0.456. The van der Waals surface area contributed by atoms with Crippen LogP contribution in [0.2, 0.25) is 0 Å². The second-order valence-corrected chi connectivity index (χ2v) is 13.0. The molecule has 0 aromatic heterocycles. The molecule has 0 fully saturated rings. The lowest BCUT2D eigenvalue weighted by Gasteiger charge is -2.62. The fourth-order valence-corrected chi connectivity index (χ4v) is 11.2. The Kier molecular flexibility index (Phi) is 3.81. The van der Waals surface area contributed by atoms with Crippen molar-refractivity contribution in [3.8, 4) is 11.5 Å². The van der Waals surface area contributed by atoms with Crippen molar-refractivity contribution >= 4 is 0 Å². The predicted octanol–water partition coefficient (Wildman–Crippen LogP) is 8.01. The van der Waals surface area contributed by atoms with Crippen LogP contribution in [0.1, 0.15) is 66.8 Å². The van der Waals surface area contributed by atoms with Crippen LogP contribution in [-0.4, -0.2) is 14.2 Å². The Balaban J connectivity index is 1.54. The van der Waals surface area contributed by atoms with E-state index in [0.717, 1.165) is 11.5 Å². The van der Waals surface area contributed by atoms with Crippen molar-refractivity contribution in [2.75, 3.05) is 14.2 Å². The van der Waals surface area contributed by atoms with Gasteiger partial charge < -0.3 is 9.47 Å². The molecule has 0 saturated heterocycles. The Labute approximate surface area is 256 Å². The summed E-state index contributed by atoms with van der Waals surface area (Å²) in [5, 5.41) is 0. The number of ether oxygens (including phenoxy) is 2. The van der Waals surface area contributed by atoms with E-state index in [1.807, 2.05) is 0 Å². The first-order valence-corrected chi connectivity index (χ1v) is 15.5. The van der Waals surface area contributed by atoms with Crippen molar-refractivity contribution in [2.24, 2.45) is 0 Å². The highest BCUT2D eigenvalue weighted by Crippen LogP contribution is 2.84. The zero-order chi connectivity index (χ0) is 29.1. The SMILES string of the molecule is COc1ccc2c(c1)[C@]13c4ccccc4[C@]45c6ccccc6[C@]21c1ccccc1[C@@]4(c1ccccc13)c1cc(OC)ccc15. The third-order valence-electron chi connectivity index (χ3n) is 12.1. The van der Waals surface area contributed by atoms with Crippen molar-refractivity contribution in [2.45, 2.75) is 21.7 Å². The number of fused-ring (bicyclic) bond motifs is 2. The van der Waals surface area contributed by atoms with E-state index in [1.165, 1.54) is 66.8 Å². The number of methoxy groups -OCH3 is 2. The van der Waals surface area contributed by atoms with Crippen molar-refractivity contribution in [3.05, 3.63) is 200 Å². The summed E-state index contributed by atoms with van der Waals surface area (Å²) >= 11 is 0. The van der Waals surface area contributed by atoms with Gasteiger partial charge in [0, 0.05) is 0 Å². The molecular weight excluding hydrogens is 536 g/mol. The van der Waals surface area contributed by atoms with E-state index >= 15 is 0 Å². The second-order valence-electron chi connectivity index (χ2n) is 13.0. The van der Waals surface area contributed by atoms with Crippen LogP contribution in [-0.2, 0) is 21.7 Å². The normalized spacial score (nSPS) is 27.7. The van der Waals surface area contributed by atoms with Crippen molar-refractivity contribution < 1.29 is 9.47 Å². The zero-order valence-electron chi connectivity index (χ0n) is 24.5. The van der Waals surface area contributed by atoms with Gasteiger partial charge in [-0.2, -0.15) is 0 Å². The van der Waals surface area contributed by atoms with Gasteiger partial charge >= 0.3 is 0 Å². The van der Waals surface area contributed by atoms with Crippen molar-refractivity contribution in [1.82, 2.24) is 0 Å². The van der Waals surface area contributed by atoms with Gasteiger partial charge in [0.25, 0.3) is 0 Å². The molecule has 0 unspecified atom stereocenters. The summed E-state index contributed by atoms with van der Waals surface area (Å²) in [6.45, 7) is 0. The van der Waals surface area contributed by atoms with Gasteiger partial charge in [0.2, 0.25) is 0 Å². The molecule has 2 heteroatoms. The minimum Gasteiger partial charge on any atom is -0.497 e. The zero-order valence-corrected chi connectivity index (χ0v) is 24.5. The predicted molar refractivity (Wildman–Crippen MR) is 171 cm³/mol. The highest BCUT2D eigenvalue weighted by Gasteiger charge is 2.81. The van der Waals surface area contributed by atoms with Crippen LogP contribution in [0.15, 0.2) is 133 Å². The molecule has 4 bridgehead atoms.